The summed E-state index contributed by atoms with van der Waals surface area (Å²) in [6.45, 7) is 2.15. The van der Waals surface area contributed by atoms with Crippen LogP contribution in [0.25, 0.3) is 11.0 Å². The summed E-state index contributed by atoms with van der Waals surface area (Å²) in [5.41, 5.74) is 7.43. The first kappa shape index (κ1) is 12.3. The van der Waals surface area contributed by atoms with Gasteiger partial charge < -0.3 is 15.0 Å². The predicted molar refractivity (Wildman–Crippen MR) is 72.7 cm³/mol. The van der Waals surface area contributed by atoms with E-state index in [0.717, 1.165) is 5.52 Å². The smallest absolute Gasteiger partial charge is 0.201 e. The fourth-order valence-electron chi connectivity index (χ4n) is 2.83. The van der Waals surface area contributed by atoms with Crippen LogP contribution in [0.3, 0.4) is 0 Å². The largest absolute Gasteiger partial charge is 0.494 e. The Hall–Kier alpha value is -1.78. The number of halogens is 1. The monoisotopic (exact) mass is 263 g/mol. The fourth-order valence-corrected chi connectivity index (χ4v) is 2.83. The SMILES string of the molecule is COc1cc2c(cc1F)nc(N)n2C(C)C1CCC1. The molecular weight excluding hydrogens is 245 g/mol. The fraction of sp³-hybridized carbons (Fsp3) is 0.500. The summed E-state index contributed by atoms with van der Waals surface area (Å²) in [6, 6.07) is 3.35. The van der Waals surface area contributed by atoms with Gasteiger partial charge in [0, 0.05) is 18.2 Å². The summed E-state index contributed by atoms with van der Waals surface area (Å²) < 4.78 is 20.7. The molecule has 0 radical (unpaired) electrons. The third-order valence-corrected chi connectivity index (χ3v) is 4.23. The topological polar surface area (TPSA) is 53.1 Å². The van der Waals surface area contributed by atoms with E-state index in [1.165, 1.54) is 32.4 Å². The van der Waals surface area contributed by atoms with Crippen molar-refractivity contribution in [3.8, 4) is 5.75 Å². The third kappa shape index (κ3) is 1.84. The molecule has 1 unspecified atom stereocenters. The second kappa shape index (κ2) is 4.40. The van der Waals surface area contributed by atoms with Gasteiger partial charge in [0.2, 0.25) is 5.95 Å². The van der Waals surface area contributed by atoms with E-state index in [2.05, 4.69) is 11.9 Å². The Kier molecular flexibility index (Phi) is 2.84. The summed E-state index contributed by atoms with van der Waals surface area (Å²) in [5, 5.41) is 0. The van der Waals surface area contributed by atoms with Gasteiger partial charge in [-0.1, -0.05) is 6.42 Å². The summed E-state index contributed by atoms with van der Waals surface area (Å²) in [6.07, 6.45) is 3.72. The predicted octanol–water partition coefficient (Wildman–Crippen LogP) is 3.13. The van der Waals surface area contributed by atoms with E-state index in [1.54, 1.807) is 6.07 Å². The van der Waals surface area contributed by atoms with E-state index in [1.807, 2.05) is 4.57 Å². The number of hydrogen-bond acceptors (Lipinski definition) is 3. The summed E-state index contributed by atoms with van der Waals surface area (Å²) >= 11 is 0. The van der Waals surface area contributed by atoms with Crippen molar-refractivity contribution < 1.29 is 9.13 Å². The number of nitrogens with zero attached hydrogens (tertiary/aromatic N) is 2. The highest BCUT2D eigenvalue weighted by atomic mass is 19.1. The van der Waals surface area contributed by atoms with Gasteiger partial charge in [-0.15, -0.1) is 0 Å². The first-order valence-corrected chi connectivity index (χ1v) is 6.62. The van der Waals surface area contributed by atoms with Gasteiger partial charge in [0.1, 0.15) is 0 Å². The molecule has 1 aromatic carbocycles. The lowest BCUT2D eigenvalue weighted by atomic mass is 9.80. The lowest BCUT2D eigenvalue weighted by Crippen LogP contribution is -2.23. The molecule has 5 heteroatoms. The minimum absolute atomic E-state index is 0.231. The van der Waals surface area contributed by atoms with Crippen molar-refractivity contribution in [1.82, 2.24) is 9.55 Å². The average molecular weight is 263 g/mol. The second-order valence-electron chi connectivity index (χ2n) is 5.25. The minimum atomic E-state index is -0.407. The van der Waals surface area contributed by atoms with E-state index in [4.69, 9.17) is 10.5 Å². The number of rotatable bonds is 3. The molecule has 1 heterocycles. The Labute approximate surface area is 111 Å². The number of anilines is 1. The molecule has 1 fully saturated rings. The number of benzene rings is 1. The highest BCUT2D eigenvalue weighted by Gasteiger charge is 2.28. The highest BCUT2D eigenvalue weighted by molar-refractivity contribution is 5.80. The van der Waals surface area contributed by atoms with Gasteiger partial charge >= 0.3 is 0 Å². The summed E-state index contributed by atoms with van der Waals surface area (Å²) in [7, 11) is 1.46. The molecule has 3 rings (SSSR count). The number of nitrogen functional groups attached to an aromatic ring is 1. The molecule has 0 saturated heterocycles. The Morgan fingerprint density at radius 3 is 2.79 bits per heavy atom. The van der Waals surface area contributed by atoms with Gasteiger partial charge in [-0.25, -0.2) is 9.37 Å². The van der Waals surface area contributed by atoms with Gasteiger partial charge in [0.05, 0.1) is 18.1 Å². The van der Waals surface area contributed by atoms with E-state index < -0.39 is 5.82 Å². The van der Waals surface area contributed by atoms with E-state index >= 15 is 0 Å². The zero-order chi connectivity index (χ0) is 13.6. The standard InChI is InChI=1S/C14H18FN3O/c1-8(9-4-3-5-9)18-12-7-13(19-2)10(15)6-11(12)17-14(18)16/h6-9H,3-5H2,1-2H3,(H2,16,17). The molecule has 19 heavy (non-hydrogen) atoms. The Bertz CT molecular complexity index is 619. The van der Waals surface area contributed by atoms with E-state index in [9.17, 15) is 4.39 Å². The number of fused-ring (bicyclic) bond motifs is 1. The second-order valence-corrected chi connectivity index (χ2v) is 5.25. The van der Waals surface area contributed by atoms with Crippen LogP contribution in [0.4, 0.5) is 10.3 Å². The lowest BCUT2D eigenvalue weighted by molar-refractivity contribution is 0.227. The summed E-state index contributed by atoms with van der Waals surface area (Å²) in [5.74, 6) is 0.906. The van der Waals surface area contributed by atoms with Crippen molar-refractivity contribution in [2.45, 2.75) is 32.2 Å². The number of imidazole rings is 1. The van der Waals surface area contributed by atoms with Crippen LogP contribution in [0, 0.1) is 11.7 Å². The van der Waals surface area contributed by atoms with Crippen LogP contribution in [0.15, 0.2) is 12.1 Å². The summed E-state index contributed by atoms with van der Waals surface area (Å²) in [4.78, 5) is 4.26. The van der Waals surface area contributed by atoms with Crippen molar-refractivity contribution in [3.05, 3.63) is 17.9 Å². The molecule has 0 spiro atoms. The van der Waals surface area contributed by atoms with Gasteiger partial charge in [-0.2, -0.15) is 0 Å². The molecule has 2 N–H and O–H groups in total. The normalized spacial score (nSPS) is 17.4. The van der Waals surface area contributed by atoms with Crippen LogP contribution < -0.4 is 10.5 Å². The quantitative estimate of drug-likeness (QED) is 0.925. The van der Waals surface area contributed by atoms with Crippen molar-refractivity contribution in [1.29, 1.82) is 0 Å². The zero-order valence-corrected chi connectivity index (χ0v) is 11.2. The van der Waals surface area contributed by atoms with Crippen molar-refractivity contribution in [2.24, 2.45) is 5.92 Å². The van der Waals surface area contributed by atoms with Crippen LogP contribution in [-0.2, 0) is 0 Å². The van der Waals surface area contributed by atoms with Crippen molar-refractivity contribution in [2.75, 3.05) is 12.8 Å². The van der Waals surface area contributed by atoms with Gasteiger partial charge in [-0.05, 0) is 25.7 Å². The molecule has 0 aliphatic heterocycles. The zero-order valence-electron chi connectivity index (χ0n) is 11.2. The van der Waals surface area contributed by atoms with Crippen LogP contribution in [-0.4, -0.2) is 16.7 Å². The number of hydrogen-bond donors (Lipinski definition) is 1. The van der Waals surface area contributed by atoms with Gasteiger partial charge in [0.25, 0.3) is 0 Å². The first-order valence-electron chi connectivity index (χ1n) is 6.62. The highest BCUT2D eigenvalue weighted by Crippen LogP contribution is 2.39. The lowest BCUT2D eigenvalue weighted by Gasteiger charge is -2.33. The van der Waals surface area contributed by atoms with Crippen LogP contribution in [0.1, 0.15) is 32.2 Å². The Morgan fingerprint density at radius 1 is 1.47 bits per heavy atom. The maximum Gasteiger partial charge on any atom is 0.201 e. The first-order chi connectivity index (χ1) is 9.11. The van der Waals surface area contributed by atoms with E-state index in [-0.39, 0.29) is 11.8 Å². The molecule has 4 nitrogen and oxygen atoms in total. The molecule has 0 bridgehead atoms. The Morgan fingerprint density at radius 2 is 2.21 bits per heavy atom. The molecule has 1 saturated carbocycles. The van der Waals surface area contributed by atoms with Crippen molar-refractivity contribution >= 4 is 17.0 Å². The van der Waals surface area contributed by atoms with Gasteiger partial charge in [0.15, 0.2) is 11.6 Å². The Balaban J connectivity index is 2.14. The van der Waals surface area contributed by atoms with Crippen LogP contribution in [0.2, 0.25) is 0 Å². The molecule has 1 atom stereocenters. The molecule has 1 aliphatic rings. The van der Waals surface area contributed by atoms with Crippen LogP contribution in [0.5, 0.6) is 5.75 Å². The number of aromatic nitrogens is 2. The number of ether oxygens (including phenoxy) is 1. The van der Waals surface area contributed by atoms with Crippen LogP contribution >= 0.6 is 0 Å². The molecule has 102 valence electrons. The molecule has 2 aromatic rings. The maximum atomic E-state index is 13.7. The maximum absolute atomic E-state index is 13.7. The van der Waals surface area contributed by atoms with Crippen molar-refractivity contribution in [3.63, 3.8) is 0 Å². The number of methoxy groups -OCH3 is 1. The van der Waals surface area contributed by atoms with E-state index in [0.29, 0.717) is 17.4 Å². The minimum Gasteiger partial charge on any atom is -0.494 e. The molecule has 1 aliphatic carbocycles. The molecule has 1 aromatic heterocycles. The molecule has 0 amide bonds. The third-order valence-electron chi connectivity index (χ3n) is 4.23. The van der Waals surface area contributed by atoms with Gasteiger partial charge in [-0.3, -0.25) is 0 Å². The average Bonchev–Trinajstić information content (AvgIpc) is 2.60. The molecular formula is C14H18FN3O. The number of nitrogens with two attached hydrogens (primary N) is 1.